The van der Waals surface area contributed by atoms with Gasteiger partial charge in [-0.25, -0.2) is 4.79 Å². The minimum absolute atomic E-state index is 0.0521. The highest BCUT2D eigenvalue weighted by atomic mass is 16.5. The normalized spacial score (nSPS) is 14.2. The van der Waals surface area contributed by atoms with Gasteiger partial charge in [-0.05, 0) is 24.6 Å². The first-order chi connectivity index (χ1) is 15.4. The molecule has 0 atom stereocenters. The standard InChI is InChI=1S/C22H29N5O5/c1-4-32-22(30)18-14-23-25(2)21(18)24-19(28)15-26-8-10-27(11-9-26)20(29)13-16-6-5-7-17(12-16)31-3/h5-7,12,14H,4,8-11,13,15H2,1-3H3,(H,24,28). The van der Waals surface area contributed by atoms with Crippen molar-refractivity contribution in [2.75, 3.05) is 51.8 Å². The molecule has 1 fully saturated rings. The van der Waals surface area contributed by atoms with Crippen LogP contribution < -0.4 is 10.1 Å². The molecule has 1 aliphatic rings. The van der Waals surface area contributed by atoms with Crippen LogP contribution in [0.5, 0.6) is 5.75 Å². The molecule has 0 saturated carbocycles. The molecule has 32 heavy (non-hydrogen) atoms. The summed E-state index contributed by atoms with van der Waals surface area (Å²) in [5, 5.41) is 6.78. The summed E-state index contributed by atoms with van der Waals surface area (Å²) in [5.74, 6) is 0.303. The van der Waals surface area contributed by atoms with Gasteiger partial charge in [0.2, 0.25) is 11.8 Å². The molecule has 0 bridgehead atoms. The van der Waals surface area contributed by atoms with E-state index < -0.39 is 5.97 Å². The average molecular weight is 444 g/mol. The van der Waals surface area contributed by atoms with Crippen LogP contribution >= 0.6 is 0 Å². The molecule has 2 aromatic rings. The third-order valence-electron chi connectivity index (χ3n) is 5.27. The fourth-order valence-electron chi connectivity index (χ4n) is 3.54. The van der Waals surface area contributed by atoms with E-state index in [4.69, 9.17) is 9.47 Å². The second kappa shape index (κ2) is 10.8. The van der Waals surface area contributed by atoms with E-state index >= 15 is 0 Å². The lowest BCUT2D eigenvalue weighted by molar-refractivity contribution is -0.132. The summed E-state index contributed by atoms with van der Waals surface area (Å²) in [5.41, 5.74) is 1.13. The summed E-state index contributed by atoms with van der Waals surface area (Å²) in [4.78, 5) is 41.0. The summed E-state index contributed by atoms with van der Waals surface area (Å²) >= 11 is 0. The quantitative estimate of drug-likeness (QED) is 0.605. The van der Waals surface area contributed by atoms with Gasteiger partial charge in [0.25, 0.3) is 0 Å². The number of nitrogens with one attached hydrogen (secondary N) is 1. The van der Waals surface area contributed by atoms with Crippen LogP contribution in [0.15, 0.2) is 30.5 Å². The van der Waals surface area contributed by atoms with Gasteiger partial charge in [0.05, 0.1) is 32.9 Å². The number of methoxy groups -OCH3 is 1. The van der Waals surface area contributed by atoms with E-state index in [1.165, 1.54) is 10.9 Å². The molecule has 1 aliphatic heterocycles. The number of ether oxygens (including phenoxy) is 2. The van der Waals surface area contributed by atoms with Crippen molar-refractivity contribution >= 4 is 23.6 Å². The van der Waals surface area contributed by atoms with Crippen LogP contribution in [0.4, 0.5) is 5.82 Å². The van der Waals surface area contributed by atoms with Gasteiger partial charge in [0.1, 0.15) is 17.1 Å². The molecule has 1 N–H and O–H groups in total. The lowest BCUT2D eigenvalue weighted by Gasteiger charge is -2.34. The van der Waals surface area contributed by atoms with Gasteiger partial charge in [-0.3, -0.25) is 19.2 Å². The van der Waals surface area contributed by atoms with Crippen LogP contribution in [0.2, 0.25) is 0 Å². The lowest BCUT2D eigenvalue weighted by atomic mass is 10.1. The highest BCUT2D eigenvalue weighted by molar-refractivity contribution is 6.00. The summed E-state index contributed by atoms with van der Waals surface area (Å²) in [7, 11) is 3.24. The number of piperazine rings is 1. The number of carbonyl (C=O) groups excluding carboxylic acids is 3. The number of aromatic nitrogens is 2. The first-order valence-corrected chi connectivity index (χ1v) is 10.5. The van der Waals surface area contributed by atoms with E-state index in [0.29, 0.717) is 38.4 Å². The van der Waals surface area contributed by atoms with Crippen LogP contribution in [0.1, 0.15) is 22.8 Å². The number of esters is 1. The van der Waals surface area contributed by atoms with Gasteiger partial charge in [0, 0.05) is 33.2 Å². The Kier molecular flexibility index (Phi) is 7.82. The van der Waals surface area contributed by atoms with Gasteiger partial charge in [-0.15, -0.1) is 0 Å². The molecular weight excluding hydrogens is 414 g/mol. The number of nitrogens with zero attached hydrogens (tertiary/aromatic N) is 4. The number of hydrogen-bond donors (Lipinski definition) is 1. The molecule has 172 valence electrons. The molecule has 0 spiro atoms. The van der Waals surface area contributed by atoms with Gasteiger partial charge in [-0.2, -0.15) is 5.10 Å². The Bertz CT molecular complexity index is 965. The second-order valence-electron chi connectivity index (χ2n) is 7.48. The first kappa shape index (κ1) is 23.3. The minimum atomic E-state index is -0.529. The van der Waals surface area contributed by atoms with E-state index in [9.17, 15) is 14.4 Å². The van der Waals surface area contributed by atoms with E-state index in [-0.39, 0.29) is 30.5 Å². The summed E-state index contributed by atoms with van der Waals surface area (Å²) in [6.07, 6.45) is 1.69. The predicted octanol–water partition coefficient (Wildman–Crippen LogP) is 0.931. The number of carbonyl (C=O) groups is 3. The van der Waals surface area contributed by atoms with Crippen molar-refractivity contribution in [2.45, 2.75) is 13.3 Å². The van der Waals surface area contributed by atoms with Gasteiger partial charge in [-0.1, -0.05) is 12.1 Å². The van der Waals surface area contributed by atoms with Crippen molar-refractivity contribution in [1.29, 1.82) is 0 Å². The number of hydrogen-bond acceptors (Lipinski definition) is 7. The fourth-order valence-corrected chi connectivity index (χ4v) is 3.54. The Morgan fingerprint density at radius 1 is 1.16 bits per heavy atom. The number of amides is 2. The molecule has 2 heterocycles. The Labute approximate surface area is 187 Å². The number of rotatable bonds is 8. The van der Waals surface area contributed by atoms with Crippen LogP contribution in [-0.4, -0.2) is 83.8 Å². The molecule has 0 unspecified atom stereocenters. The first-order valence-electron chi connectivity index (χ1n) is 10.5. The molecule has 10 nitrogen and oxygen atoms in total. The molecule has 2 amide bonds. The molecule has 1 aromatic heterocycles. The van der Waals surface area contributed by atoms with Crippen molar-refractivity contribution < 1.29 is 23.9 Å². The number of anilines is 1. The monoisotopic (exact) mass is 443 g/mol. The Morgan fingerprint density at radius 2 is 1.91 bits per heavy atom. The summed E-state index contributed by atoms with van der Waals surface area (Å²) in [6.45, 7) is 4.40. The van der Waals surface area contributed by atoms with E-state index in [1.54, 1.807) is 21.1 Å². The van der Waals surface area contributed by atoms with Crippen molar-refractivity contribution in [3.05, 3.63) is 41.6 Å². The highest BCUT2D eigenvalue weighted by Crippen LogP contribution is 2.16. The number of benzene rings is 1. The third-order valence-corrected chi connectivity index (χ3v) is 5.27. The zero-order chi connectivity index (χ0) is 23.1. The van der Waals surface area contributed by atoms with Crippen molar-refractivity contribution in [1.82, 2.24) is 19.6 Å². The molecule has 1 aromatic carbocycles. The maximum Gasteiger partial charge on any atom is 0.343 e. The predicted molar refractivity (Wildman–Crippen MR) is 118 cm³/mol. The maximum atomic E-state index is 12.6. The smallest absolute Gasteiger partial charge is 0.343 e. The molecular formula is C22H29N5O5. The Hall–Kier alpha value is -3.40. The second-order valence-corrected chi connectivity index (χ2v) is 7.48. The fraction of sp³-hybridized carbons (Fsp3) is 0.455. The van der Waals surface area contributed by atoms with Gasteiger partial charge < -0.3 is 19.7 Å². The van der Waals surface area contributed by atoms with Crippen LogP contribution in [-0.2, 0) is 27.8 Å². The van der Waals surface area contributed by atoms with Crippen LogP contribution in [0, 0.1) is 0 Å². The van der Waals surface area contributed by atoms with Crippen LogP contribution in [0.3, 0.4) is 0 Å². The molecule has 0 aliphatic carbocycles. The minimum Gasteiger partial charge on any atom is -0.497 e. The highest BCUT2D eigenvalue weighted by Gasteiger charge is 2.24. The van der Waals surface area contributed by atoms with Crippen molar-refractivity contribution in [3.8, 4) is 5.75 Å². The Balaban J connectivity index is 1.49. The Morgan fingerprint density at radius 3 is 2.59 bits per heavy atom. The van der Waals surface area contributed by atoms with E-state index in [2.05, 4.69) is 10.4 Å². The topological polar surface area (TPSA) is 106 Å². The lowest BCUT2D eigenvalue weighted by Crippen LogP contribution is -2.50. The molecule has 3 rings (SSSR count). The maximum absolute atomic E-state index is 12.6. The summed E-state index contributed by atoms with van der Waals surface area (Å²) in [6, 6.07) is 7.48. The van der Waals surface area contributed by atoms with Gasteiger partial charge in [0.15, 0.2) is 0 Å². The van der Waals surface area contributed by atoms with Crippen molar-refractivity contribution in [3.63, 3.8) is 0 Å². The third kappa shape index (κ3) is 5.85. The largest absolute Gasteiger partial charge is 0.497 e. The van der Waals surface area contributed by atoms with Gasteiger partial charge >= 0.3 is 5.97 Å². The van der Waals surface area contributed by atoms with E-state index in [0.717, 1.165) is 11.3 Å². The van der Waals surface area contributed by atoms with E-state index in [1.807, 2.05) is 34.1 Å². The summed E-state index contributed by atoms with van der Waals surface area (Å²) < 4.78 is 11.6. The molecule has 1 saturated heterocycles. The molecule has 0 radical (unpaired) electrons. The molecule has 10 heteroatoms. The number of aryl methyl sites for hydroxylation is 1. The zero-order valence-electron chi connectivity index (χ0n) is 18.7. The van der Waals surface area contributed by atoms with Crippen molar-refractivity contribution in [2.24, 2.45) is 7.05 Å². The average Bonchev–Trinajstić information content (AvgIpc) is 3.14. The zero-order valence-corrected chi connectivity index (χ0v) is 18.7. The van der Waals surface area contributed by atoms with Crippen LogP contribution in [0.25, 0.3) is 0 Å². The SMILES string of the molecule is CCOC(=O)c1cnn(C)c1NC(=O)CN1CCN(C(=O)Cc2cccc(OC)c2)CC1.